The third-order valence-electron chi connectivity index (χ3n) is 8.54. The molecule has 0 aromatic rings. The highest BCUT2D eigenvalue weighted by Crippen LogP contribution is 2.37. The molecule has 0 radical (unpaired) electrons. The molecule has 42 heavy (non-hydrogen) atoms. The van der Waals surface area contributed by atoms with Gasteiger partial charge in [-0.3, -0.25) is 9.59 Å². The molecule has 1 N–H and O–H groups in total. The van der Waals surface area contributed by atoms with Gasteiger partial charge < -0.3 is 33.7 Å². The number of nitrogens with zero attached hydrogens (tertiary/aromatic N) is 1. The molecule has 0 bridgehead atoms. The van der Waals surface area contributed by atoms with Crippen LogP contribution in [0.25, 0.3) is 0 Å². The first-order chi connectivity index (χ1) is 19.4. The Kier molecular flexibility index (Phi) is 12.5. The number of cyclic esters (lactones) is 1. The van der Waals surface area contributed by atoms with Crippen molar-refractivity contribution in [2.75, 3.05) is 21.2 Å². The Labute approximate surface area is 251 Å². The zero-order valence-corrected chi connectivity index (χ0v) is 27.6. The minimum Gasteiger partial charge on any atom is -0.456 e. The van der Waals surface area contributed by atoms with Crippen molar-refractivity contribution >= 4 is 17.7 Å². The highest BCUT2D eigenvalue weighted by molar-refractivity contribution is 5.96. The highest BCUT2D eigenvalue weighted by Gasteiger charge is 2.48. The molecule has 2 aliphatic rings. The van der Waals surface area contributed by atoms with Gasteiger partial charge >= 0.3 is 11.9 Å². The fourth-order valence-electron chi connectivity index (χ4n) is 6.32. The molecule has 2 aliphatic heterocycles. The lowest BCUT2D eigenvalue weighted by Crippen LogP contribution is -2.59. The number of allylic oxidation sites excluding steroid dienone is 1. The third-order valence-corrected chi connectivity index (χ3v) is 8.54. The van der Waals surface area contributed by atoms with Gasteiger partial charge in [0.2, 0.25) is 0 Å². The van der Waals surface area contributed by atoms with Crippen molar-refractivity contribution in [3.63, 3.8) is 0 Å². The number of rotatable bonds is 6. The summed E-state index contributed by atoms with van der Waals surface area (Å²) >= 11 is 0. The summed E-state index contributed by atoms with van der Waals surface area (Å²) in [4.78, 5) is 40.9. The fraction of sp³-hybridized carbons (Fsp3) is 0.781. The Bertz CT molecular complexity index is 1040. The number of ketones is 1. The highest BCUT2D eigenvalue weighted by atomic mass is 16.7. The zero-order chi connectivity index (χ0) is 32.2. The minimum absolute atomic E-state index is 0.162. The van der Waals surface area contributed by atoms with E-state index in [4.69, 9.17) is 23.7 Å². The van der Waals surface area contributed by atoms with Gasteiger partial charge in [-0.05, 0) is 79.6 Å². The average Bonchev–Trinajstić information content (AvgIpc) is 2.88. The standard InChI is InChI=1S/C32H53NO9/c1-13-25-31(8,37)16-20(4)26(35)21(5)17-32(9,38-12)28(18(2)14-19(3)29(36)41-25)42-30-27(40-23(7)34)24(33(10)11)15-22(6)39-30/h14,16,18,21-22,24-25,27-28,30,37H,13,15,17H2,1-12H3/t18-,21+,22+,24-,25+,27+,28+,30-,31-,32+/m0/s1. The van der Waals surface area contributed by atoms with Gasteiger partial charge in [0, 0.05) is 31.4 Å². The van der Waals surface area contributed by atoms with Crippen LogP contribution in [-0.4, -0.2) is 96.9 Å². The maximum absolute atomic E-state index is 13.5. The monoisotopic (exact) mass is 595 g/mol. The summed E-state index contributed by atoms with van der Waals surface area (Å²) in [6.07, 6.45) is 1.07. The molecular weight excluding hydrogens is 542 g/mol. The molecule has 0 aromatic carbocycles. The SMILES string of the molecule is CC[C@H]1OC(=O)C(C)=C[C@H](C)[C@@H](O[C@@H]2O[C@H](C)C[C@H](N(C)C)[C@H]2OC(C)=O)[C@](C)(OC)C[C@@H](C)C(=O)C(C)=C[C@]1(C)O. The van der Waals surface area contributed by atoms with Gasteiger partial charge in [0.15, 0.2) is 18.2 Å². The van der Waals surface area contributed by atoms with Crippen LogP contribution in [0.3, 0.4) is 0 Å². The van der Waals surface area contributed by atoms with Crippen LogP contribution in [0.5, 0.6) is 0 Å². The maximum Gasteiger partial charge on any atom is 0.333 e. The Morgan fingerprint density at radius 1 is 1.14 bits per heavy atom. The predicted octanol–water partition coefficient (Wildman–Crippen LogP) is 3.98. The van der Waals surface area contributed by atoms with Gasteiger partial charge in [0.1, 0.15) is 11.7 Å². The average molecular weight is 596 g/mol. The van der Waals surface area contributed by atoms with E-state index < -0.39 is 59.6 Å². The Morgan fingerprint density at radius 3 is 2.29 bits per heavy atom. The number of likely N-dealkylation sites (N-methyl/N-ethyl adjacent to an activating group) is 1. The van der Waals surface area contributed by atoms with Gasteiger partial charge in [-0.15, -0.1) is 0 Å². The molecule has 0 aromatic heterocycles. The number of Topliss-reactive ketones (excluding diaryl/α,β-unsaturated/α-hetero) is 1. The molecular formula is C32H53NO9. The van der Waals surface area contributed by atoms with Gasteiger partial charge in [0.25, 0.3) is 0 Å². The first-order valence-corrected chi connectivity index (χ1v) is 14.9. The van der Waals surface area contributed by atoms with E-state index in [-0.39, 0.29) is 24.3 Å². The largest absolute Gasteiger partial charge is 0.456 e. The number of carbonyl (C=O) groups is 3. The lowest BCUT2D eigenvalue weighted by atomic mass is 9.79. The summed E-state index contributed by atoms with van der Waals surface area (Å²) in [7, 11) is 5.40. The maximum atomic E-state index is 13.5. The number of aliphatic hydroxyl groups is 1. The molecule has 1 fully saturated rings. The van der Waals surface area contributed by atoms with E-state index in [0.717, 1.165) is 0 Å². The molecule has 10 heteroatoms. The summed E-state index contributed by atoms with van der Waals surface area (Å²) in [6.45, 7) is 15.5. The van der Waals surface area contributed by atoms with E-state index in [1.165, 1.54) is 19.9 Å². The molecule has 0 saturated carbocycles. The molecule has 10 nitrogen and oxygen atoms in total. The molecule has 2 rings (SSSR count). The van der Waals surface area contributed by atoms with Crippen molar-refractivity contribution in [3.8, 4) is 0 Å². The van der Waals surface area contributed by atoms with Crippen molar-refractivity contribution in [2.45, 2.75) is 130 Å². The van der Waals surface area contributed by atoms with Gasteiger partial charge in [-0.1, -0.05) is 26.8 Å². The van der Waals surface area contributed by atoms with Crippen LogP contribution in [0.2, 0.25) is 0 Å². The summed E-state index contributed by atoms with van der Waals surface area (Å²) < 4.78 is 30.6. The van der Waals surface area contributed by atoms with Crippen LogP contribution in [0.1, 0.15) is 81.6 Å². The third kappa shape index (κ3) is 8.72. The molecule has 0 aliphatic carbocycles. The topological polar surface area (TPSA) is 121 Å². The molecule has 0 unspecified atom stereocenters. The predicted molar refractivity (Wildman–Crippen MR) is 159 cm³/mol. The van der Waals surface area contributed by atoms with E-state index in [2.05, 4.69) is 0 Å². The number of esters is 2. The quantitative estimate of drug-likeness (QED) is 0.452. The second-order valence-electron chi connectivity index (χ2n) is 12.8. The molecule has 10 atom stereocenters. The molecule has 0 spiro atoms. The Morgan fingerprint density at radius 2 is 1.76 bits per heavy atom. The Balaban J connectivity index is 2.66. The number of hydrogen-bond donors (Lipinski definition) is 1. The summed E-state index contributed by atoms with van der Waals surface area (Å²) in [5.74, 6) is -2.12. The van der Waals surface area contributed by atoms with Crippen molar-refractivity contribution in [1.82, 2.24) is 4.90 Å². The van der Waals surface area contributed by atoms with Crippen LogP contribution in [0.4, 0.5) is 0 Å². The van der Waals surface area contributed by atoms with Crippen LogP contribution < -0.4 is 0 Å². The summed E-state index contributed by atoms with van der Waals surface area (Å²) in [6, 6.07) is -0.162. The lowest BCUT2D eigenvalue weighted by Gasteiger charge is -2.47. The summed E-state index contributed by atoms with van der Waals surface area (Å²) in [5, 5.41) is 11.2. The van der Waals surface area contributed by atoms with E-state index in [0.29, 0.717) is 24.0 Å². The number of ether oxygens (including phenoxy) is 5. The second kappa shape index (κ2) is 14.6. The normalized spacial score (nSPS) is 39.2. The zero-order valence-electron chi connectivity index (χ0n) is 27.6. The summed E-state index contributed by atoms with van der Waals surface area (Å²) in [5.41, 5.74) is -1.87. The van der Waals surface area contributed by atoms with Crippen molar-refractivity contribution in [2.24, 2.45) is 11.8 Å². The molecule has 240 valence electrons. The minimum atomic E-state index is -1.54. The van der Waals surface area contributed by atoms with E-state index >= 15 is 0 Å². The molecule has 0 amide bonds. The van der Waals surface area contributed by atoms with E-state index in [1.807, 2.05) is 53.6 Å². The smallest absolute Gasteiger partial charge is 0.333 e. The van der Waals surface area contributed by atoms with Gasteiger partial charge in [-0.25, -0.2) is 4.79 Å². The van der Waals surface area contributed by atoms with E-state index in [9.17, 15) is 19.5 Å². The van der Waals surface area contributed by atoms with Crippen LogP contribution in [0.15, 0.2) is 23.3 Å². The Hall–Kier alpha value is -2.11. The first-order valence-electron chi connectivity index (χ1n) is 14.9. The first kappa shape index (κ1) is 36.1. The van der Waals surface area contributed by atoms with Crippen LogP contribution >= 0.6 is 0 Å². The number of methoxy groups -OCH3 is 1. The van der Waals surface area contributed by atoms with Gasteiger partial charge in [0.05, 0.1) is 23.9 Å². The van der Waals surface area contributed by atoms with E-state index in [1.54, 1.807) is 27.0 Å². The van der Waals surface area contributed by atoms with Crippen molar-refractivity contribution < 1.29 is 43.2 Å². The van der Waals surface area contributed by atoms with Gasteiger partial charge in [-0.2, -0.15) is 0 Å². The van der Waals surface area contributed by atoms with Crippen molar-refractivity contribution in [3.05, 3.63) is 23.3 Å². The van der Waals surface area contributed by atoms with Crippen molar-refractivity contribution in [1.29, 1.82) is 0 Å². The molecule has 1 saturated heterocycles. The lowest BCUT2D eigenvalue weighted by molar-refractivity contribution is -0.297. The molecule has 2 heterocycles. The fourth-order valence-corrected chi connectivity index (χ4v) is 6.32. The second-order valence-corrected chi connectivity index (χ2v) is 12.8. The van der Waals surface area contributed by atoms with Crippen LogP contribution in [-0.2, 0) is 38.1 Å². The number of hydrogen-bond acceptors (Lipinski definition) is 10. The number of carbonyl (C=O) groups excluding carboxylic acids is 3. The van der Waals surface area contributed by atoms with Crippen LogP contribution in [0, 0.1) is 11.8 Å².